The minimum atomic E-state index is -0.734. The number of nitrogens with zero attached hydrogens (tertiary/aromatic N) is 3. The third-order valence-electron chi connectivity index (χ3n) is 7.37. The van der Waals surface area contributed by atoms with Crippen LogP contribution in [0.1, 0.15) is 37.7 Å². The van der Waals surface area contributed by atoms with Crippen molar-refractivity contribution in [3.8, 4) is 5.75 Å². The first-order chi connectivity index (χ1) is 17.5. The van der Waals surface area contributed by atoms with Crippen molar-refractivity contribution in [2.45, 2.75) is 44.6 Å². The third kappa shape index (κ3) is 5.22. The Kier molecular flexibility index (Phi) is 7.20. The van der Waals surface area contributed by atoms with Crippen molar-refractivity contribution in [3.05, 3.63) is 59.9 Å². The standard InChI is InChI=1S/C28H32FN3O4/c29-22-12-10-20(11-13-22)17-26(33)31-16-6-7-21(18-31)27(34)32-19-25(28(35)30-14-4-1-5-15-30)36-24-9-3-2-8-23(24)32/h2-3,8-13,21,25H,1,4-7,14-19H2. The molecular weight excluding hydrogens is 461 g/mol. The summed E-state index contributed by atoms with van der Waals surface area (Å²) in [5, 5.41) is 0. The molecule has 0 radical (unpaired) electrons. The zero-order chi connectivity index (χ0) is 25.1. The highest BCUT2D eigenvalue weighted by molar-refractivity contribution is 5.99. The van der Waals surface area contributed by atoms with Gasteiger partial charge in [-0.1, -0.05) is 24.3 Å². The van der Waals surface area contributed by atoms with Crippen molar-refractivity contribution in [2.24, 2.45) is 5.92 Å². The second-order valence-electron chi connectivity index (χ2n) is 9.89. The molecule has 2 unspecified atom stereocenters. The fraction of sp³-hybridized carbons (Fsp3) is 0.464. The Labute approximate surface area is 210 Å². The molecule has 0 N–H and O–H groups in total. The molecule has 3 aliphatic heterocycles. The van der Waals surface area contributed by atoms with Crippen molar-refractivity contribution >= 4 is 23.4 Å². The highest BCUT2D eigenvalue weighted by Gasteiger charge is 2.39. The van der Waals surface area contributed by atoms with E-state index < -0.39 is 6.10 Å². The molecule has 3 heterocycles. The number of carbonyl (C=O) groups excluding carboxylic acids is 3. The number of hydrogen-bond donors (Lipinski definition) is 0. The molecule has 2 aromatic carbocycles. The first-order valence-corrected chi connectivity index (χ1v) is 12.9. The van der Waals surface area contributed by atoms with Gasteiger partial charge in [0, 0.05) is 26.2 Å². The highest BCUT2D eigenvalue weighted by Crippen LogP contribution is 2.35. The normalized spacial score (nSPS) is 22.0. The van der Waals surface area contributed by atoms with Crippen molar-refractivity contribution in [2.75, 3.05) is 37.6 Å². The minimum Gasteiger partial charge on any atom is -0.476 e. The summed E-state index contributed by atoms with van der Waals surface area (Å²) in [6.07, 6.45) is 3.96. The third-order valence-corrected chi connectivity index (χ3v) is 7.37. The molecule has 7 nitrogen and oxygen atoms in total. The molecular formula is C28H32FN3O4. The first kappa shape index (κ1) is 24.3. The molecule has 0 bridgehead atoms. The molecule has 3 amide bonds. The molecule has 2 atom stereocenters. The summed E-state index contributed by atoms with van der Waals surface area (Å²) in [6, 6.07) is 13.3. The van der Waals surface area contributed by atoms with E-state index in [-0.39, 0.29) is 42.4 Å². The molecule has 0 spiro atoms. The number of hydrogen-bond acceptors (Lipinski definition) is 4. The number of likely N-dealkylation sites (tertiary alicyclic amines) is 2. The van der Waals surface area contributed by atoms with E-state index in [1.807, 2.05) is 23.1 Å². The SMILES string of the molecule is O=C(Cc1ccc(F)cc1)N1CCCC(C(=O)N2CC(C(=O)N3CCCCC3)Oc3ccccc32)C1. The molecule has 8 heteroatoms. The number of rotatable bonds is 4. The van der Waals surface area contributed by atoms with Crippen LogP contribution in [0.15, 0.2) is 48.5 Å². The van der Waals surface area contributed by atoms with Crippen LogP contribution in [0.2, 0.25) is 0 Å². The topological polar surface area (TPSA) is 70.2 Å². The summed E-state index contributed by atoms with van der Waals surface area (Å²) < 4.78 is 19.3. The predicted octanol–water partition coefficient (Wildman–Crippen LogP) is 3.41. The lowest BCUT2D eigenvalue weighted by molar-refractivity contribution is -0.139. The summed E-state index contributed by atoms with van der Waals surface area (Å²) in [5.41, 5.74) is 1.41. The minimum absolute atomic E-state index is 0.0678. The number of para-hydroxylation sites is 2. The van der Waals surface area contributed by atoms with E-state index in [1.54, 1.807) is 28.0 Å². The van der Waals surface area contributed by atoms with Crippen LogP contribution in [0.4, 0.5) is 10.1 Å². The number of anilines is 1. The average molecular weight is 494 g/mol. The monoisotopic (exact) mass is 493 g/mol. The second-order valence-corrected chi connectivity index (χ2v) is 9.89. The first-order valence-electron chi connectivity index (χ1n) is 12.9. The van der Waals surface area contributed by atoms with E-state index in [9.17, 15) is 18.8 Å². The van der Waals surface area contributed by atoms with E-state index in [4.69, 9.17) is 4.74 Å². The molecule has 190 valence electrons. The molecule has 0 saturated carbocycles. The van der Waals surface area contributed by atoms with E-state index in [1.165, 1.54) is 12.1 Å². The number of benzene rings is 2. The zero-order valence-corrected chi connectivity index (χ0v) is 20.4. The molecule has 0 aromatic heterocycles. The maximum absolute atomic E-state index is 13.8. The Morgan fingerprint density at radius 3 is 2.33 bits per heavy atom. The van der Waals surface area contributed by atoms with Gasteiger partial charge in [-0.25, -0.2) is 4.39 Å². The van der Waals surface area contributed by atoms with Crippen LogP contribution < -0.4 is 9.64 Å². The Balaban J connectivity index is 1.29. The van der Waals surface area contributed by atoms with Gasteiger partial charge < -0.3 is 19.4 Å². The predicted molar refractivity (Wildman–Crippen MR) is 133 cm³/mol. The van der Waals surface area contributed by atoms with Crippen LogP contribution in [-0.4, -0.2) is 66.3 Å². The number of fused-ring (bicyclic) bond motifs is 1. The summed E-state index contributed by atoms with van der Waals surface area (Å²) in [5.74, 6) is -0.374. The summed E-state index contributed by atoms with van der Waals surface area (Å²) in [6.45, 7) is 2.55. The number of piperidine rings is 2. The molecule has 2 fully saturated rings. The van der Waals surface area contributed by atoms with Gasteiger partial charge in [0.2, 0.25) is 11.8 Å². The second kappa shape index (κ2) is 10.7. The lowest BCUT2D eigenvalue weighted by Gasteiger charge is -2.40. The van der Waals surface area contributed by atoms with Gasteiger partial charge in [-0.2, -0.15) is 0 Å². The number of halogens is 1. The fourth-order valence-electron chi connectivity index (χ4n) is 5.40. The Morgan fingerprint density at radius 2 is 1.56 bits per heavy atom. The summed E-state index contributed by atoms with van der Waals surface area (Å²) in [4.78, 5) is 45.2. The summed E-state index contributed by atoms with van der Waals surface area (Å²) >= 11 is 0. The van der Waals surface area contributed by atoms with Crippen molar-refractivity contribution < 1.29 is 23.5 Å². The van der Waals surface area contributed by atoms with Gasteiger partial charge in [0.25, 0.3) is 5.91 Å². The molecule has 3 aliphatic rings. The largest absolute Gasteiger partial charge is 0.476 e. The lowest BCUT2D eigenvalue weighted by atomic mass is 9.95. The zero-order valence-electron chi connectivity index (χ0n) is 20.4. The van der Waals surface area contributed by atoms with E-state index >= 15 is 0 Å². The van der Waals surface area contributed by atoms with Gasteiger partial charge in [-0.15, -0.1) is 0 Å². The van der Waals surface area contributed by atoms with Crippen molar-refractivity contribution in [1.82, 2.24) is 9.80 Å². The molecule has 2 aromatic rings. The van der Waals surface area contributed by atoms with Crippen LogP contribution in [0, 0.1) is 11.7 Å². The van der Waals surface area contributed by atoms with Crippen molar-refractivity contribution in [1.29, 1.82) is 0 Å². The van der Waals surface area contributed by atoms with Crippen LogP contribution in [-0.2, 0) is 20.8 Å². The van der Waals surface area contributed by atoms with Gasteiger partial charge in [0.05, 0.1) is 24.6 Å². The quantitative estimate of drug-likeness (QED) is 0.655. The Morgan fingerprint density at radius 1 is 0.833 bits per heavy atom. The van der Waals surface area contributed by atoms with E-state index in [2.05, 4.69) is 0 Å². The highest BCUT2D eigenvalue weighted by atomic mass is 19.1. The van der Waals surface area contributed by atoms with Crippen molar-refractivity contribution in [3.63, 3.8) is 0 Å². The maximum Gasteiger partial charge on any atom is 0.265 e. The van der Waals surface area contributed by atoms with Gasteiger partial charge >= 0.3 is 0 Å². The molecule has 2 saturated heterocycles. The smallest absolute Gasteiger partial charge is 0.265 e. The van der Waals surface area contributed by atoms with Crippen LogP contribution in [0.5, 0.6) is 5.75 Å². The van der Waals surface area contributed by atoms with Gasteiger partial charge in [-0.3, -0.25) is 14.4 Å². The van der Waals surface area contributed by atoms with Crippen LogP contribution in [0.3, 0.4) is 0 Å². The molecule has 0 aliphatic carbocycles. The van der Waals surface area contributed by atoms with Gasteiger partial charge in [0.1, 0.15) is 11.6 Å². The maximum atomic E-state index is 13.8. The van der Waals surface area contributed by atoms with Crippen LogP contribution in [0.25, 0.3) is 0 Å². The van der Waals surface area contributed by atoms with E-state index in [0.29, 0.717) is 30.9 Å². The molecule has 36 heavy (non-hydrogen) atoms. The number of carbonyl (C=O) groups is 3. The number of amides is 3. The Bertz CT molecular complexity index is 1120. The average Bonchev–Trinajstić information content (AvgIpc) is 2.93. The lowest BCUT2D eigenvalue weighted by Crippen LogP contribution is -2.55. The Hall–Kier alpha value is -3.42. The summed E-state index contributed by atoms with van der Waals surface area (Å²) in [7, 11) is 0. The van der Waals surface area contributed by atoms with Gasteiger partial charge in [0.15, 0.2) is 6.10 Å². The fourth-order valence-corrected chi connectivity index (χ4v) is 5.40. The van der Waals surface area contributed by atoms with Crippen LogP contribution >= 0.6 is 0 Å². The number of ether oxygens (including phenoxy) is 1. The van der Waals surface area contributed by atoms with E-state index in [0.717, 1.165) is 44.3 Å². The van der Waals surface area contributed by atoms with Gasteiger partial charge in [-0.05, 0) is 61.9 Å². The molecule has 5 rings (SSSR count).